The number of hydrogen-bond donors (Lipinski definition) is 2. The van der Waals surface area contributed by atoms with Gasteiger partial charge in [0, 0.05) is 25.7 Å². The van der Waals surface area contributed by atoms with E-state index in [4.69, 9.17) is 4.74 Å². The molecule has 2 atom stereocenters. The van der Waals surface area contributed by atoms with Gasteiger partial charge in [0.15, 0.2) is 0 Å². The molecule has 0 bridgehead atoms. The highest BCUT2D eigenvalue weighted by Crippen LogP contribution is 2.08. The summed E-state index contributed by atoms with van der Waals surface area (Å²) < 4.78 is 5.33. The number of nitrogens with one attached hydrogen (secondary N) is 2. The summed E-state index contributed by atoms with van der Waals surface area (Å²) in [5.41, 5.74) is 0. The largest absolute Gasteiger partial charge is 0.379 e. The Bertz CT molecular complexity index is 272. The lowest BCUT2D eigenvalue weighted by molar-refractivity contribution is -0.124. The van der Waals surface area contributed by atoms with E-state index in [1.54, 1.807) is 0 Å². The number of rotatable bonds is 4. The Labute approximate surface area is 116 Å². The molecule has 2 fully saturated rings. The molecule has 0 aromatic rings. The molecule has 110 valence electrons. The van der Waals surface area contributed by atoms with Crippen LogP contribution in [0.2, 0.25) is 0 Å². The molecule has 19 heavy (non-hydrogen) atoms. The van der Waals surface area contributed by atoms with Crippen LogP contribution in [-0.4, -0.2) is 62.3 Å². The summed E-state index contributed by atoms with van der Waals surface area (Å²) in [6, 6.07) is 0.213. The van der Waals surface area contributed by atoms with E-state index >= 15 is 0 Å². The van der Waals surface area contributed by atoms with Crippen LogP contribution >= 0.6 is 0 Å². The zero-order valence-corrected chi connectivity index (χ0v) is 12.0. The first-order valence-electron chi connectivity index (χ1n) is 7.59. The van der Waals surface area contributed by atoms with Crippen LogP contribution < -0.4 is 10.6 Å². The zero-order valence-electron chi connectivity index (χ0n) is 12.0. The van der Waals surface area contributed by atoms with Gasteiger partial charge in [-0.2, -0.15) is 0 Å². The summed E-state index contributed by atoms with van der Waals surface area (Å²) in [5.74, 6) is 0.169. The number of nitrogens with zero attached hydrogens (tertiary/aromatic N) is 1. The normalized spacial score (nSPS) is 27.5. The van der Waals surface area contributed by atoms with E-state index in [0.29, 0.717) is 0 Å². The quantitative estimate of drug-likeness (QED) is 0.773. The van der Waals surface area contributed by atoms with E-state index in [-0.39, 0.29) is 18.0 Å². The molecule has 0 radical (unpaired) electrons. The minimum atomic E-state index is 0.00893. The third kappa shape index (κ3) is 5.09. The molecule has 0 saturated carbocycles. The van der Waals surface area contributed by atoms with E-state index < -0.39 is 0 Å². The molecule has 2 aliphatic heterocycles. The fraction of sp³-hybridized carbons (Fsp3) is 0.929. The average Bonchev–Trinajstić information content (AvgIpc) is 2.68. The van der Waals surface area contributed by atoms with Crippen molar-refractivity contribution < 1.29 is 9.53 Å². The second-order valence-corrected chi connectivity index (χ2v) is 5.68. The Balaban J connectivity index is 1.70. The van der Waals surface area contributed by atoms with E-state index in [1.165, 1.54) is 12.8 Å². The molecule has 5 heteroatoms. The lowest BCUT2D eigenvalue weighted by Gasteiger charge is -2.30. The maximum Gasteiger partial charge on any atom is 0.237 e. The Morgan fingerprint density at radius 3 is 2.95 bits per heavy atom. The van der Waals surface area contributed by atoms with Crippen LogP contribution in [0.15, 0.2) is 0 Å². The van der Waals surface area contributed by atoms with Crippen molar-refractivity contribution in [2.75, 3.05) is 39.4 Å². The monoisotopic (exact) mass is 269 g/mol. The zero-order chi connectivity index (χ0) is 13.5. The molecule has 5 nitrogen and oxygen atoms in total. The third-order valence-electron chi connectivity index (χ3n) is 3.90. The van der Waals surface area contributed by atoms with Gasteiger partial charge in [0.05, 0.1) is 19.3 Å². The summed E-state index contributed by atoms with van der Waals surface area (Å²) >= 11 is 0. The Morgan fingerprint density at radius 1 is 1.37 bits per heavy atom. The third-order valence-corrected chi connectivity index (χ3v) is 3.90. The van der Waals surface area contributed by atoms with Crippen LogP contribution in [0, 0.1) is 0 Å². The number of ether oxygens (including phenoxy) is 1. The Hall–Kier alpha value is -0.650. The van der Waals surface area contributed by atoms with Crippen molar-refractivity contribution in [2.45, 2.75) is 44.7 Å². The van der Waals surface area contributed by atoms with Gasteiger partial charge in [-0.1, -0.05) is 12.8 Å². The van der Waals surface area contributed by atoms with Crippen LogP contribution in [0.5, 0.6) is 0 Å². The number of carbonyl (C=O) groups is 1. The second kappa shape index (κ2) is 7.82. The van der Waals surface area contributed by atoms with Crippen molar-refractivity contribution in [2.24, 2.45) is 0 Å². The first-order valence-corrected chi connectivity index (χ1v) is 7.59. The predicted octanol–water partition coefficient (Wildman–Crippen LogP) is 0.356. The molecule has 2 aliphatic rings. The van der Waals surface area contributed by atoms with Gasteiger partial charge in [0.25, 0.3) is 0 Å². The van der Waals surface area contributed by atoms with Gasteiger partial charge in [0.2, 0.25) is 5.91 Å². The Morgan fingerprint density at radius 2 is 2.16 bits per heavy atom. The maximum atomic E-state index is 12.2. The van der Waals surface area contributed by atoms with Gasteiger partial charge >= 0.3 is 0 Å². The number of amides is 1. The van der Waals surface area contributed by atoms with E-state index in [9.17, 15) is 4.79 Å². The van der Waals surface area contributed by atoms with Gasteiger partial charge < -0.3 is 15.4 Å². The molecule has 0 aromatic heterocycles. The van der Waals surface area contributed by atoms with Gasteiger partial charge in [0.1, 0.15) is 0 Å². The molecule has 2 N–H and O–H groups in total. The maximum absolute atomic E-state index is 12.2. The minimum Gasteiger partial charge on any atom is -0.379 e. The fourth-order valence-electron chi connectivity index (χ4n) is 2.81. The molecule has 2 rings (SSSR count). The standard InChI is InChI=1S/C14H27N3O2/c1-12(11-17-7-9-19-10-8-17)16-14(18)13-5-3-2-4-6-15-13/h12-13,15H,2-11H2,1H3,(H,16,18). The SMILES string of the molecule is CC(CN1CCOCC1)NC(=O)C1CCCCCN1. The highest BCUT2D eigenvalue weighted by Gasteiger charge is 2.22. The van der Waals surface area contributed by atoms with Crippen molar-refractivity contribution in [1.82, 2.24) is 15.5 Å². The van der Waals surface area contributed by atoms with Crippen molar-refractivity contribution >= 4 is 5.91 Å². The van der Waals surface area contributed by atoms with Gasteiger partial charge in [-0.25, -0.2) is 0 Å². The van der Waals surface area contributed by atoms with Gasteiger partial charge in [-0.05, 0) is 26.3 Å². The van der Waals surface area contributed by atoms with E-state index in [0.717, 1.165) is 52.2 Å². The van der Waals surface area contributed by atoms with E-state index in [2.05, 4.69) is 22.5 Å². The van der Waals surface area contributed by atoms with Crippen LogP contribution in [0.3, 0.4) is 0 Å². The first-order chi connectivity index (χ1) is 9.25. The van der Waals surface area contributed by atoms with E-state index in [1.807, 2.05) is 0 Å². The lowest BCUT2D eigenvalue weighted by Crippen LogP contribution is -2.51. The van der Waals surface area contributed by atoms with Crippen molar-refractivity contribution in [3.05, 3.63) is 0 Å². The van der Waals surface area contributed by atoms with Gasteiger partial charge in [-0.3, -0.25) is 9.69 Å². The number of carbonyl (C=O) groups excluding carboxylic acids is 1. The van der Waals surface area contributed by atoms with Crippen LogP contribution in [-0.2, 0) is 9.53 Å². The summed E-state index contributed by atoms with van der Waals surface area (Å²) in [6.07, 6.45) is 4.55. The van der Waals surface area contributed by atoms with Crippen LogP contribution in [0.25, 0.3) is 0 Å². The predicted molar refractivity (Wildman–Crippen MR) is 75.1 cm³/mol. The average molecular weight is 269 g/mol. The lowest BCUT2D eigenvalue weighted by atomic mass is 10.1. The summed E-state index contributed by atoms with van der Waals surface area (Å²) in [6.45, 7) is 7.54. The number of morpholine rings is 1. The highest BCUT2D eigenvalue weighted by atomic mass is 16.5. The molecule has 2 heterocycles. The molecule has 1 amide bonds. The molecular weight excluding hydrogens is 242 g/mol. The fourth-order valence-corrected chi connectivity index (χ4v) is 2.81. The summed E-state index contributed by atoms with van der Waals surface area (Å²) in [4.78, 5) is 14.5. The molecular formula is C14H27N3O2. The number of hydrogen-bond acceptors (Lipinski definition) is 4. The summed E-state index contributed by atoms with van der Waals surface area (Å²) in [7, 11) is 0. The Kier molecular flexibility index (Phi) is 6.07. The van der Waals surface area contributed by atoms with Gasteiger partial charge in [-0.15, -0.1) is 0 Å². The second-order valence-electron chi connectivity index (χ2n) is 5.68. The van der Waals surface area contributed by atoms with Crippen molar-refractivity contribution in [1.29, 1.82) is 0 Å². The van der Waals surface area contributed by atoms with Crippen LogP contribution in [0.1, 0.15) is 32.6 Å². The van der Waals surface area contributed by atoms with Crippen LogP contribution in [0.4, 0.5) is 0 Å². The molecule has 2 saturated heterocycles. The molecule has 0 spiro atoms. The molecule has 0 aliphatic carbocycles. The topological polar surface area (TPSA) is 53.6 Å². The van der Waals surface area contributed by atoms with Crippen molar-refractivity contribution in [3.63, 3.8) is 0 Å². The minimum absolute atomic E-state index is 0.00893. The molecule has 0 aromatic carbocycles. The highest BCUT2D eigenvalue weighted by molar-refractivity contribution is 5.82. The molecule has 2 unspecified atom stereocenters. The smallest absolute Gasteiger partial charge is 0.237 e. The summed E-state index contributed by atoms with van der Waals surface area (Å²) in [5, 5.41) is 6.49. The first kappa shape index (κ1) is 14.8. The van der Waals surface area contributed by atoms with Crippen molar-refractivity contribution in [3.8, 4) is 0 Å².